The van der Waals surface area contributed by atoms with Gasteiger partial charge in [-0.25, -0.2) is 0 Å². The van der Waals surface area contributed by atoms with Crippen LogP contribution in [0.15, 0.2) is 91.0 Å². The van der Waals surface area contributed by atoms with E-state index in [0.29, 0.717) is 0 Å². The molecule has 4 aromatic rings. The number of anilines is 1. The molecule has 0 amide bonds. The van der Waals surface area contributed by atoms with Crippen LogP contribution in [0.25, 0.3) is 22.3 Å². The maximum atomic E-state index is 6.60. The number of methoxy groups -OCH3 is 1. The number of fused-ring (bicyclic) bond motifs is 3. The fourth-order valence-electron chi connectivity index (χ4n) is 4.75. The number of hydrogen-bond acceptors (Lipinski definition) is 3. The van der Waals surface area contributed by atoms with Gasteiger partial charge >= 0.3 is 0 Å². The monoisotopic (exact) mass is 433 g/mol. The Labute approximate surface area is 195 Å². The van der Waals surface area contributed by atoms with E-state index in [-0.39, 0.29) is 6.10 Å². The van der Waals surface area contributed by atoms with E-state index < -0.39 is 0 Å². The molecule has 1 saturated carbocycles. The predicted molar refractivity (Wildman–Crippen MR) is 134 cm³/mol. The van der Waals surface area contributed by atoms with Crippen molar-refractivity contribution in [3.8, 4) is 33.8 Å². The molecule has 1 atom stereocenters. The fraction of sp³-hybridized carbons (Fsp3) is 0.200. The van der Waals surface area contributed by atoms with Gasteiger partial charge < -0.3 is 14.8 Å². The van der Waals surface area contributed by atoms with Crippen LogP contribution in [0, 0.1) is 5.92 Å². The van der Waals surface area contributed by atoms with Gasteiger partial charge in [-0.05, 0) is 59.7 Å². The second kappa shape index (κ2) is 8.32. The molecular formula is C30H27NO2. The molecule has 0 bridgehead atoms. The maximum absolute atomic E-state index is 6.60. The van der Waals surface area contributed by atoms with Crippen LogP contribution < -0.4 is 14.8 Å². The first-order valence-corrected chi connectivity index (χ1v) is 11.7. The van der Waals surface area contributed by atoms with Crippen LogP contribution in [0.1, 0.15) is 30.1 Å². The molecule has 1 fully saturated rings. The summed E-state index contributed by atoms with van der Waals surface area (Å²) >= 11 is 0. The Morgan fingerprint density at radius 3 is 2.48 bits per heavy atom. The van der Waals surface area contributed by atoms with Gasteiger partial charge in [0.2, 0.25) is 0 Å². The van der Waals surface area contributed by atoms with Gasteiger partial charge in [-0.15, -0.1) is 0 Å². The van der Waals surface area contributed by atoms with Gasteiger partial charge in [0, 0.05) is 23.4 Å². The zero-order valence-corrected chi connectivity index (χ0v) is 18.8. The largest absolute Gasteiger partial charge is 0.496 e. The molecule has 2 aliphatic rings. The minimum absolute atomic E-state index is 0.174. The van der Waals surface area contributed by atoms with Crippen molar-refractivity contribution in [2.24, 2.45) is 5.92 Å². The lowest BCUT2D eigenvalue weighted by Gasteiger charge is -2.30. The average Bonchev–Trinajstić information content (AvgIpc) is 3.71. The summed E-state index contributed by atoms with van der Waals surface area (Å²) < 4.78 is 12.3. The standard InChI is InChI=1S/C30H27NO2/c1-32-27-12-7-13-28-29(27)24-17-16-22(18-25(24)30(33-28)21-8-3-2-4-9-21)23-10-5-6-11-26(23)31-19-20-14-15-20/h2-13,16-18,20,30-31H,14-15,19H2,1H3. The Morgan fingerprint density at radius 1 is 0.848 bits per heavy atom. The zero-order valence-electron chi connectivity index (χ0n) is 18.8. The number of para-hydroxylation sites is 1. The van der Waals surface area contributed by atoms with Crippen molar-refractivity contribution < 1.29 is 9.47 Å². The first-order chi connectivity index (χ1) is 16.3. The van der Waals surface area contributed by atoms with Crippen molar-refractivity contribution in [3.63, 3.8) is 0 Å². The molecule has 0 saturated heterocycles. The fourth-order valence-corrected chi connectivity index (χ4v) is 4.75. The topological polar surface area (TPSA) is 30.5 Å². The highest BCUT2D eigenvalue weighted by Gasteiger charge is 2.30. The Balaban J connectivity index is 1.49. The van der Waals surface area contributed by atoms with Crippen molar-refractivity contribution in [3.05, 3.63) is 102 Å². The third-order valence-electron chi connectivity index (χ3n) is 6.67. The van der Waals surface area contributed by atoms with Crippen molar-refractivity contribution >= 4 is 5.69 Å². The van der Waals surface area contributed by atoms with E-state index in [1.54, 1.807) is 7.11 Å². The summed E-state index contributed by atoms with van der Waals surface area (Å²) in [5, 5.41) is 3.68. The van der Waals surface area contributed by atoms with Crippen LogP contribution in [0.5, 0.6) is 11.5 Å². The summed E-state index contributed by atoms with van der Waals surface area (Å²) in [6.07, 6.45) is 2.50. The highest BCUT2D eigenvalue weighted by Crippen LogP contribution is 2.50. The quantitative estimate of drug-likeness (QED) is 0.345. The number of hydrogen-bond donors (Lipinski definition) is 1. The maximum Gasteiger partial charge on any atom is 0.149 e. The van der Waals surface area contributed by atoms with Crippen molar-refractivity contribution in [2.75, 3.05) is 19.0 Å². The minimum atomic E-state index is -0.174. The van der Waals surface area contributed by atoms with Gasteiger partial charge in [-0.1, -0.05) is 66.7 Å². The molecule has 0 spiro atoms. The number of rotatable bonds is 6. The van der Waals surface area contributed by atoms with E-state index in [0.717, 1.165) is 46.2 Å². The van der Waals surface area contributed by atoms with E-state index in [2.05, 4.69) is 72.0 Å². The van der Waals surface area contributed by atoms with Crippen LogP contribution in [0.2, 0.25) is 0 Å². The summed E-state index contributed by atoms with van der Waals surface area (Å²) in [5.74, 6) is 2.51. The lowest BCUT2D eigenvalue weighted by atomic mass is 9.86. The van der Waals surface area contributed by atoms with Gasteiger partial charge in [0.05, 0.1) is 12.7 Å². The molecule has 33 heavy (non-hydrogen) atoms. The highest BCUT2D eigenvalue weighted by atomic mass is 16.5. The Morgan fingerprint density at radius 2 is 1.67 bits per heavy atom. The summed E-state index contributed by atoms with van der Waals surface area (Å²) in [7, 11) is 1.72. The molecule has 0 radical (unpaired) electrons. The van der Waals surface area contributed by atoms with Crippen LogP contribution in [-0.4, -0.2) is 13.7 Å². The smallest absolute Gasteiger partial charge is 0.149 e. The molecule has 1 N–H and O–H groups in total. The molecule has 164 valence electrons. The van der Waals surface area contributed by atoms with Crippen molar-refractivity contribution in [1.29, 1.82) is 0 Å². The minimum Gasteiger partial charge on any atom is -0.496 e. The van der Waals surface area contributed by atoms with E-state index in [1.807, 2.05) is 24.3 Å². The summed E-state index contributed by atoms with van der Waals surface area (Å²) in [6.45, 7) is 1.04. The van der Waals surface area contributed by atoms with Crippen LogP contribution >= 0.6 is 0 Å². The molecule has 3 nitrogen and oxygen atoms in total. The van der Waals surface area contributed by atoms with E-state index >= 15 is 0 Å². The zero-order chi connectivity index (χ0) is 22.2. The molecule has 6 rings (SSSR count). The second-order valence-corrected chi connectivity index (χ2v) is 8.91. The van der Waals surface area contributed by atoms with Crippen LogP contribution in [0.3, 0.4) is 0 Å². The van der Waals surface area contributed by atoms with E-state index in [9.17, 15) is 0 Å². The molecule has 4 aromatic carbocycles. The van der Waals surface area contributed by atoms with Gasteiger partial charge in [-0.2, -0.15) is 0 Å². The Hall–Kier alpha value is -3.72. The number of nitrogens with one attached hydrogen (secondary N) is 1. The third kappa shape index (κ3) is 3.74. The van der Waals surface area contributed by atoms with E-state index in [1.165, 1.54) is 29.7 Å². The molecule has 3 heteroatoms. The Kier molecular flexibility index (Phi) is 5.03. The normalized spacial score (nSPS) is 16.3. The lowest BCUT2D eigenvalue weighted by molar-refractivity contribution is 0.242. The molecule has 0 aromatic heterocycles. The average molecular weight is 434 g/mol. The first kappa shape index (κ1) is 19.9. The van der Waals surface area contributed by atoms with Gasteiger partial charge in [0.25, 0.3) is 0 Å². The number of ether oxygens (including phenoxy) is 2. The SMILES string of the molecule is COc1cccc2c1-c1ccc(-c3ccccc3NCC3CC3)cc1C(c1ccccc1)O2. The Bertz CT molecular complexity index is 1290. The summed E-state index contributed by atoms with van der Waals surface area (Å²) in [5.41, 5.74) is 8.09. The summed E-state index contributed by atoms with van der Waals surface area (Å²) in [4.78, 5) is 0. The van der Waals surface area contributed by atoms with Gasteiger partial charge in [-0.3, -0.25) is 0 Å². The van der Waals surface area contributed by atoms with Crippen LogP contribution in [-0.2, 0) is 0 Å². The second-order valence-electron chi connectivity index (χ2n) is 8.91. The molecule has 1 aliphatic heterocycles. The van der Waals surface area contributed by atoms with Crippen molar-refractivity contribution in [2.45, 2.75) is 18.9 Å². The number of benzene rings is 4. The van der Waals surface area contributed by atoms with Crippen molar-refractivity contribution in [1.82, 2.24) is 0 Å². The summed E-state index contributed by atoms with van der Waals surface area (Å²) in [6, 6.07) is 31.8. The molecule has 1 aliphatic carbocycles. The molecule has 1 unspecified atom stereocenters. The van der Waals surface area contributed by atoms with Crippen LogP contribution in [0.4, 0.5) is 5.69 Å². The molecular weight excluding hydrogens is 406 g/mol. The predicted octanol–water partition coefficient (Wildman–Crippen LogP) is 7.33. The lowest BCUT2D eigenvalue weighted by Crippen LogP contribution is -2.16. The first-order valence-electron chi connectivity index (χ1n) is 11.7. The highest BCUT2D eigenvalue weighted by molar-refractivity contribution is 5.86. The van der Waals surface area contributed by atoms with Gasteiger partial charge in [0.15, 0.2) is 0 Å². The third-order valence-corrected chi connectivity index (χ3v) is 6.67. The molecule has 1 heterocycles. The van der Waals surface area contributed by atoms with Gasteiger partial charge in [0.1, 0.15) is 17.6 Å². The van der Waals surface area contributed by atoms with E-state index in [4.69, 9.17) is 9.47 Å².